The van der Waals surface area contributed by atoms with Gasteiger partial charge in [-0.1, -0.05) is 138 Å². The molecule has 434 valence electrons. The van der Waals surface area contributed by atoms with E-state index in [0.29, 0.717) is 13.0 Å². The van der Waals surface area contributed by atoms with Crippen LogP contribution in [-0.2, 0) is 52.3 Å². The second kappa shape index (κ2) is 39.3. The average molecular weight is 1040 g/mol. The minimum absolute atomic E-state index is 0.00838. The Morgan fingerprint density at radius 2 is 0.958 bits per heavy atom. The fourth-order valence-corrected chi connectivity index (χ4v) is 10.2. The molecule has 3 heterocycles. The van der Waals surface area contributed by atoms with Crippen molar-refractivity contribution in [2.24, 2.45) is 53.3 Å². The lowest BCUT2D eigenvalue weighted by atomic mass is 9.74. The highest BCUT2D eigenvalue weighted by Gasteiger charge is 2.56. The van der Waals surface area contributed by atoms with Crippen LogP contribution in [0.5, 0.6) is 0 Å². The molecule has 3 fully saturated rings. The third kappa shape index (κ3) is 21.5. The maximum absolute atomic E-state index is 13.2. The maximum Gasteiger partial charge on any atom is 0.311 e. The molecule has 0 aliphatic carbocycles. The molecule has 1 spiro atoms. The molecule has 15 nitrogen and oxygen atoms in total. The maximum atomic E-state index is 13.2. The molecular formula is C57H116O15. The van der Waals surface area contributed by atoms with E-state index in [1.54, 1.807) is 69.6 Å². The van der Waals surface area contributed by atoms with Crippen LogP contribution >= 0.6 is 0 Å². The lowest BCUT2D eigenvalue weighted by Gasteiger charge is -2.43. The molecule has 0 radical (unpaired) electrons. The number of carbonyl (C=O) groups excluding carboxylic acids is 4. The van der Waals surface area contributed by atoms with Gasteiger partial charge in [0.05, 0.1) is 60.7 Å². The normalized spacial score (nSPS) is 39.6. The summed E-state index contributed by atoms with van der Waals surface area (Å²) in [5.41, 5.74) is -4.12. The molecule has 15 heteroatoms. The van der Waals surface area contributed by atoms with E-state index in [9.17, 15) is 39.6 Å². The smallest absolute Gasteiger partial charge is 0.311 e. The molecule has 0 bridgehead atoms. The molecule has 0 aromatic rings. The Morgan fingerprint density at radius 3 is 1.33 bits per heavy atom. The summed E-state index contributed by atoms with van der Waals surface area (Å²) in [6.07, 6.45) is -5.12. The molecule has 20 atom stereocenters. The van der Waals surface area contributed by atoms with Crippen molar-refractivity contribution in [3.05, 3.63) is 0 Å². The number of hydrogen-bond acceptors (Lipinski definition) is 15. The number of Topliss-reactive ketones (excluding diaryl/α,β-unsaturated/α-hetero) is 2. The monoisotopic (exact) mass is 1040 g/mol. The second-order valence-corrected chi connectivity index (χ2v) is 18.8. The quantitative estimate of drug-likeness (QED) is 0.149. The summed E-state index contributed by atoms with van der Waals surface area (Å²) in [6.45, 7) is 46.8. The predicted octanol–water partition coefficient (Wildman–Crippen LogP) is 10.1. The van der Waals surface area contributed by atoms with E-state index in [2.05, 4.69) is 0 Å². The first kappa shape index (κ1) is 78.8. The zero-order valence-electron chi connectivity index (χ0n) is 51.4. The van der Waals surface area contributed by atoms with Gasteiger partial charge >= 0.3 is 11.9 Å². The summed E-state index contributed by atoms with van der Waals surface area (Å²) in [4.78, 5) is 52.0. The van der Waals surface area contributed by atoms with Crippen LogP contribution in [0.2, 0.25) is 0 Å². The molecule has 0 aromatic carbocycles. The lowest BCUT2D eigenvalue weighted by Crippen LogP contribution is -2.57. The number of esters is 2. The van der Waals surface area contributed by atoms with Crippen LogP contribution in [-0.4, -0.2) is 145 Å². The highest BCUT2D eigenvalue weighted by molar-refractivity contribution is 5.92. The zero-order chi connectivity index (χ0) is 58.4. The van der Waals surface area contributed by atoms with Crippen molar-refractivity contribution in [3.63, 3.8) is 0 Å². The number of cyclic esters (lactones) is 2. The molecule has 0 unspecified atom stereocenters. The summed E-state index contributed by atoms with van der Waals surface area (Å²) in [5.74, 6) is -5.69. The number of aliphatic hydroxyl groups excluding tert-OH is 2. The van der Waals surface area contributed by atoms with Crippen LogP contribution in [0.4, 0.5) is 0 Å². The van der Waals surface area contributed by atoms with Gasteiger partial charge in [0.15, 0.2) is 11.4 Å². The highest BCUT2D eigenvalue weighted by atomic mass is 16.6. The Morgan fingerprint density at radius 1 is 0.556 bits per heavy atom. The topological polar surface area (TPSA) is 217 Å². The van der Waals surface area contributed by atoms with Gasteiger partial charge in [0.2, 0.25) is 0 Å². The summed E-state index contributed by atoms with van der Waals surface area (Å²) in [7, 11) is 6.16. The van der Waals surface area contributed by atoms with Crippen molar-refractivity contribution < 1.29 is 72.8 Å². The average Bonchev–Trinajstić information content (AvgIpc) is 4.17. The van der Waals surface area contributed by atoms with Crippen LogP contribution in [0.15, 0.2) is 0 Å². The fraction of sp³-hybridized carbons (Fsp3) is 0.930. The van der Waals surface area contributed by atoms with E-state index in [1.807, 2.05) is 104 Å². The Labute approximate surface area is 441 Å². The molecule has 3 saturated heterocycles. The van der Waals surface area contributed by atoms with Gasteiger partial charge in [-0.25, -0.2) is 0 Å². The van der Waals surface area contributed by atoms with Gasteiger partial charge in [-0.05, 0) is 59.8 Å². The molecule has 3 aliphatic rings. The van der Waals surface area contributed by atoms with E-state index in [1.165, 1.54) is 28.1 Å². The number of methoxy groups -OCH3 is 4. The number of carbonyl (C=O) groups is 4. The second-order valence-electron chi connectivity index (χ2n) is 18.8. The summed E-state index contributed by atoms with van der Waals surface area (Å²) < 4.78 is 39.6. The Hall–Kier alpha value is -2.08. The summed E-state index contributed by atoms with van der Waals surface area (Å²) in [5, 5.41) is 44.0. The highest BCUT2D eigenvalue weighted by Crippen LogP contribution is 2.42. The van der Waals surface area contributed by atoms with Crippen molar-refractivity contribution in [3.8, 4) is 0 Å². The van der Waals surface area contributed by atoms with E-state index in [4.69, 9.17) is 33.2 Å². The van der Waals surface area contributed by atoms with Crippen molar-refractivity contribution in [1.29, 1.82) is 0 Å². The number of aliphatic hydroxyl groups is 4. The Kier molecular flexibility index (Phi) is 43.0. The number of ether oxygens (including phenoxy) is 7. The minimum atomic E-state index is -1.84. The van der Waals surface area contributed by atoms with Gasteiger partial charge in [-0.15, -0.1) is 0 Å². The molecule has 72 heavy (non-hydrogen) atoms. The van der Waals surface area contributed by atoms with Crippen LogP contribution in [0.25, 0.3) is 0 Å². The number of ketones is 2. The molecule has 0 amide bonds. The van der Waals surface area contributed by atoms with Gasteiger partial charge in [0, 0.05) is 63.9 Å². The van der Waals surface area contributed by atoms with Gasteiger partial charge < -0.3 is 53.6 Å². The summed E-state index contributed by atoms with van der Waals surface area (Å²) in [6, 6.07) is 0. The Balaban J connectivity index is -0.000000344. The third-order valence-electron chi connectivity index (χ3n) is 14.1. The molecule has 3 rings (SSSR count). The number of epoxide rings is 1. The molecular weight excluding hydrogens is 925 g/mol. The minimum Gasteiger partial charge on any atom is -0.462 e. The van der Waals surface area contributed by atoms with Crippen LogP contribution < -0.4 is 0 Å². The van der Waals surface area contributed by atoms with Crippen molar-refractivity contribution in [2.45, 2.75) is 258 Å². The number of rotatable bonds is 5. The van der Waals surface area contributed by atoms with Crippen molar-refractivity contribution in [1.82, 2.24) is 0 Å². The molecule has 0 aromatic heterocycles. The van der Waals surface area contributed by atoms with E-state index >= 15 is 0 Å². The predicted molar refractivity (Wildman–Crippen MR) is 291 cm³/mol. The zero-order valence-corrected chi connectivity index (χ0v) is 51.4. The molecule has 3 aliphatic heterocycles. The van der Waals surface area contributed by atoms with Gasteiger partial charge in [0.25, 0.3) is 0 Å². The van der Waals surface area contributed by atoms with E-state index in [-0.39, 0.29) is 48.3 Å². The Bertz CT molecular complexity index is 1420. The van der Waals surface area contributed by atoms with Gasteiger partial charge in [-0.3, -0.25) is 19.2 Å². The van der Waals surface area contributed by atoms with Crippen LogP contribution in [0.1, 0.15) is 192 Å². The number of hydrogen-bond donors (Lipinski definition) is 4. The van der Waals surface area contributed by atoms with Crippen LogP contribution in [0, 0.1) is 53.3 Å². The van der Waals surface area contributed by atoms with Gasteiger partial charge in [-0.2, -0.15) is 0 Å². The standard InChI is InChI=1S/C23H42O8.C22H38O7.6C2H6/c1-10-16-23(7,28)19(25)13(3)17(24)12(2)11-22(6,27)20(30-9)14(4)18(29-8)15(5)21(26)31-16;1-11-9-22(10-28-22)20(24)13(3)17(23)12(2)16(6)29-21(25)15(5)19(27-8)14(4)18(11)26-7;6*1-2/h12-16,18-20,25,27-28H,10-11H2,1-9H3;11-19,23H,9-10H2,1-8H3;6*1-2H3/t12-,13+,14+,15-,16-,18+,19-,20-,22-,23-;11-,12-,13+,14+,15+,16+,17-,18-,19-,22+;;;;;;/m10....../s1. The first-order valence-corrected chi connectivity index (χ1v) is 27.7. The van der Waals surface area contributed by atoms with Crippen LogP contribution in [0.3, 0.4) is 0 Å². The van der Waals surface area contributed by atoms with Crippen molar-refractivity contribution in [2.75, 3.05) is 35.0 Å². The van der Waals surface area contributed by atoms with Crippen molar-refractivity contribution >= 4 is 23.5 Å². The third-order valence-corrected chi connectivity index (χ3v) is 14.1. The summed E-state index contributed by atoms with van der Waals surface area (Å²) >= 11 is 0. The largest absolute Gasteiger partial charge is 0.462 e. The fourth-order valence-electron chi connectivity index (χ4n) is 10.2. The lowest BCUT2D eigenvalue weighted by molar-refractivity contribution is -0.198. The van der Waals surface area contributed by atoms with E-state index < -0.39 is 107 Å². The molecule has 4 N–H and O–H groups in total. The van der Waals surface area contributed by atoms with Gasteiger partial charge in [0.1, 0.15) is 23.6 Å². The first-order valence-electron chi connectivity index (χ1n) is 27.7. The van der Waals surface area contributed by atoms with E-state index in [0.717, 1.165) is 0 Å². The first-order chi connectivity index (χ1) is 33.7. The SMILES string of the molecule is CC.CC.CC.CC.CC.CC.CC[C@H]1OC(=O)[C@H](C)[C@@H](OC)[C@H](C)[C@@H](OC)[C@](C)(O)C[C@@H](C)C(=O)[C@H](C)[C@@H](O)[C@]1(C)O.CO[C@@H]1[C@@H](C)[C@H](OC)[C@@H](C)C(=O)O[C@H](C)[C@H](C)[C@H](O)[C@@H](C)C(=O)[C@]2(CO2)C[C@@H]1C. The molecule has 0 saturated carbocycles.